The molecule has 0 aliphatic heterocycles. The zero-order chi connectivity index (χ0) is 40.6. The average molecular weight is 777 g/mol. The molecule has 1 heterocycles. The van der Waals surface area contributed by atoms with E-state index >= 15 is 0 Å². The normalized spacial score (nSPS) is 12.4. The summed E-state index contributed by atoms with van der Waals surface area (Å²) in [6.07, 6.45) is 0. The van der Waals surface area contributed by atoms with Gasteiger partial charge >= 0.3 is 0 Å². The molecule has 0 amide bonds. The summed E-state index contributed by atoms with van der Waals surface area (Å²) in [6, 6.07) is 87.1. The minimum atomic E-state index is -0.407. The molecule has 61 heavy (non-hydrogen) atoms. The average Bonchev–Trinajstić information content (AvgIpc) is 3.65. The largest absolute Gasteiger partial charge is 0.228 e. The first-order valence-electron chi connectivity index (χ1n) is 20.9. The number of nitrogens with zero attached hydrogens (tertiary/aromatic N) is 2. The van der Waals surface area contributed by atoms with Crippen LogP contribution in [0.2, 0.25) is 0 Å². The molecule has 1 aliphatic carbocycles. The Morgan fingerprint density at radius 1 is 0.246 bits per heavy atom. The van der Waals surface area contributed by atoms with E-state index in [1.807, 2.05) is 12.1 Å². The van der Waals surface area contributed by atoms with Crippen LogP contribution < -0.4 is 0 Å². The molecule has 0 N–H and O–H groups in total. The van der Waals surface area contributed by atoms with Crippen molar-refractivity contribution in [2.24, 2.45) is 0 Å². The predicted molar refractivity (Wildman–Crippen MR) is 252 cm³/mol. The molecule has 10 aromatic rings. The van der Waals surface area contributed by atoms with Gasteiger partial charge in [-0.25, -0.2) is 9.97 Å². The fraction of sp³-hybridized carbons (Fsp3) is 0.0169. The van der Waals surface area contributed by atoms with Gasteiger partial charge in [0.15, 0.2) is 5.82 Å². The summed E-state index contributed by atoms with van der Waals surface area (Å²) in [5.74, 6) is 0.703. The van der Waals surface area contributed by atoms with Crippen LogP contribution >= 0.6 is 0 Å². The van der Waals surface area contributed by atoms with Crippen LogP contribution in [-0.4, -0.2) is 9.97 Å². The Hall–Kier alpha value is -7.94. The standard InChI is InChI=1S/C59H40N2/c1-5-16-41(17-6-1)42-30-34-46(35-31-42)58-60-56(44-18-7-2-8-19-44)40-57(61-58)45-32-28-43(29-33-45)47-20-15-21-48(38-47)49-36-37-55-53(39-49)52-26-13-14-27-54(52)59(55,50-22-9-3-10-23-50)51-24-11-4-12-25-51/h1-40H. The molecule has 0 atom stereocenters. The zero-order valence-electron chi connectivity index (χ0n) is 33.5. The van der Waals surface area contributed by atoms with E-state index in [9.17, 15) is 0 Å². The monoisotopic (exact) mass is 776 g/mol. The fourth-order valence-electron chi connectivity index (χ4n) is 9.26. The van der Waals surface area contributed by atoms with Crippen LogP contribution in [0.5, 0.6) is 0 Å². The topological polar surface area (TPSA) is 25.8 Å². The van der Waals surface area contributed by atoms with Crippen LogP contribution in [0, 0.1) is 0 Å². The Balaban J connectivity index is 0.942. The van der Waals surface area contributed by atoms with E-state index in [4.69, 9.17) is 9.97 Å². The van der Waals surface area contributed by atoms with E-state index < -0.39 is 5.41 Å². The molecule has 0 unspecified atom stereocenters. The number of hydrogen-bond donors (Lipinski definition) is 0. The van der Waals surface area contributed by atoms with Gasteiger partial charge in [-0.1, -0.05) is 224 Å². The van der Waals surface area contributed by atoms with E-state index in [1.54, 1.807) is 0 Å². The highest BCUT2D eigenvalue weighted by Gasteiger charge is 2.45. The summed E-state index contributed by atoms with van der Waals surface area (Å²) in [6.45, 7) is 0. The highest BCUT2D eigenvalue weighted by molar-refractivity contribution is 5.89. The smallest absolute Gasteiger partial charge is 0.160 e. The van der Waals surface area contributed by atoms with Crippen molar-refractivity contribution < 1.29 is 0 Å². The van der Waals surface area contributed by atoms with Crippen LogP contribution in [0.25, 0.3) is 78.4 Å². The van der Waals surface area contributed by atoms with Gasteiger partial charge < -0.3 is 0 Å². The van der Waals surface area contributed by atoms with Crippen molar-refractivity contribution in [2.75, 3.05) is 0 Å². The second-order valence-electron chi connectivity index (χ2n) is 15.7. The summed E-state index contributed by atoms with van der Waals surface area (Å²) in [5, 5.41) is 0. The number of hydrogen-bond acceptors (Lipinski definition) is 2. The molecule has 0 saturated carbocycles. The van der Waals surface area contributed by atoms with Crippen molar-refractivity contribution in [3.63, 3.8) is 0 Å². The second-order valence-corrected chi connectivity index (χ2v) is 15.7. The molecule has 0 saturated heterocycles. The first-order valence-corrected chi connectivity index (χ1v) is 20.9. The van der Waals surface area contributed by atoms with Gasteiger partial charge in [0.05, 0.1) is 16.8 Å². The lowest BCUT2D eigenvalue weighted by Gasteiger charge is -2.33. The minimum absolute atomic E-state index is 0.407. The van der Waals surface area contributed by atoms with Gasteiger partial charge in [-0.2, -0.15) is 0 Å². The molecule has 9 aromatic carbocycles. The SMILES string of the molecule is c1ccc(-c2ccc(-c3nc(-c4ccccc4)cc(-c4ccc(-c5cccc(-c6ccc7c(c6)-c6ccccc6C7(c6ccccc6)c6ccccc6)c5)cc4)n3)cc2)cc1. The van der Waals surface area contributed by atoms with Crippen molar-refractivity contribution in [2.45, 2.75) is 5.41 Å². The number of rotatable bonds is 8. The summed E-state index contributed by atoms with van der Waals surface area (Å²) in [5.41, 5.74) is 19.3. The maximum absolute atomic E-state index is 5.14. The molecular weight excluding hydrogens is 737 g/mol. The van der Waals surface area contributed by atoms with Crippen molar-refractivity contribution in [3.05, 3.63) is 265 Å². The minimum Gasteiger partial charge on any atom is -0.228 e. The molecule has 1 aliphatic rings. The second kappa shape index (κ2) is 15.3. The molecular formula is C59H40N2. The molecule has 1 aromatic heterocycles. The van der Waals surface area contributed by atoms with Crippen molar-refractivity contribution >= 4 is 0 Å². The summed E-state index contributed by atoms with van der Waals surface area (Å²) >= 11 is 0. The zero-order valence-corrected chi connectivity index (χ0v) is 33.5. The van der Waals surface area contributed by atoms with E-state index in [1.165, 1.54) is 55.6 Å². The van der Waals surface area contributed by atoms with Crippen LogP contribution in [0.1, 0.15) is 22.3 Å². The Labute approximate surface area is 357 Å². The first-order chi connectivity index (χ1) is 30.2. The highest BCUT2D eigenvalue weighted by Crippen LogP contribution is 2.56. The summed E-state index contributed by atoms with van der Waals surface area (Å²) in [7, 11) is 0. The Bertz CT molecular complexity index is 3100. The maximum atomic E-state index is 5.14. The lowest BCUT2D eigenvalue weighted by atomic mass is 9.67. The van der Waals surface area contributed by atoms with E-state index in [0.29, 0.717) is 5.82 Å². The molecule has 11 rings (SSSR count). The highest BCUT2D eigenvalue weighted by atomic mass is 14.9. The van der Waals surface area contributed by atoms with Crippen molar-refractivity contribution in [1.82, 2.24) is 9.97 Å². The van der Waals surface area contributed by atoms with E-state index in [2.05, 4.69) is 231 Å². The predicted octanol–water partition coefficient (Wildman–Crippen LogP) is 14.8. The molecule has 286 valence electrons. The third kappa shape index (κ3) is 6.46. The van der Waals surface area contributed by atoms with Gasteiger partial charge in [0, 0.05) is 16.7 Å². The summed E-state index contributed by atoms with van der Waals surface area (Å²) in [4.78, 5) is 10.2. The molecule has 0 bridgehead atoms. The van der Waals surface area contributed by atoms with Gasteiger partial charge in [-0.3, -0.25) is 0 Å². The lowest BCUT2D eigenvalue weighted by Crippen LogP contribution is -2.28. The van der Waals surface area contributed by atoms with Gasteiger partial charge in [0.2, 0.25) is 0 Å². The maximum Gasteiger partial charge on any atom is 0.160 e. The van der Waals surface area contributed by atoms with Crippen LogP contribution in [0.3, 0.4) is 0 Å². The molecule has 0 radical (unpaired) electrons. The molecule has 2 nitrogen and oxygen atoms in total. The third-order valence-electron chi connectivity index (χ3n) is 12.2. The quantitative estimate of drug-likeness (QED) is 0.154. The van der Waals surface area contributed by atoms with E-state index in [-0.39, 0.29) is 0 Å². The van der Waals surface area contributed by atoms with Crippen LogP contribution in [-0.2, 0) is 5.41 Å². The van der Waals surface area contributed by atoms with Gasteiger partial charge in [0.25, 0.3) is 0 Å². The Morgan fingerprint density at radius 2 is 0.639 bits per heavy atom. The van der Waals surface area contributed by atoms with Gasteiger partial charge in [-0.05, 0) is 85.0 Å². The molecule has 0 spiro atoms. The molecule has 2 heteroatoms. The first kappa shape index (κ1) is 36.2. The Morgan fingerprint density at radius 3 is 1.26 bits per heavy atom. The van der Waals surface area contributed by atoms with Gasteiger partial charge in [-0.15, -0.1) is 0 Å². The number of benzene rings is 9. The number of fused-ring (bicyclic) bond motifs is 3. The third-order valence-corrected chi connectivity index (χ3v) is 12.2. The van der Waals surface area contributed by atoms with Crippen molar-refractivity contribution in [1.29, 1.82) is 0 Å². The lowest BCUT2D eigenvalue weighted by molar-refractivity contribution is 0.768. The Kier molecular flexibility index (Phi) is 9.09. The number of aromatic nitrogens is 2. The van der Waals surface area contributed by atoms with E-state index in [0.717, 1.165) is 39.2 Å². The van der Waals surface area contributed by atoms with Crippen LogP contribution in [0.4, 0.5) is 0 Å². The van der Waals surface area contributed by atoms with Gasteiger partial charge in [0.1, 0.15) is 0 Å². The fourth-order valence-corrected chi connectivity index (χ4v) is 9.26. The summed E-state index contributed by atoms with van der Waals surface area (Å²) < 4.78 is 0. The van der Waals surface area contributed by atoms with Crippen LogP contribution in [0.15, 0.2) is 243 Å². The molecule has 0 fully saturated rings. The van der Waals surface area contributed by atoms with Crippen molar-refractivity contribution in [3.8, 4) is 78.4 Å².